The van der Waals surface area contributed by atoms with Gasteiger partial charge in [-0.3, -0.25) is 4.57 Å². The van der Waals surface area contributed by atoms with Gasteiger partial charge in [0.05, 0.1) is 17.5 Å². The van der Waals surface area contributed by atoms with Gasteiger partial charge in [-0.15, -0.1) is 0 Å². The summed E-state index contributed by atoms with van der Waals surface area (Å²) in [4.78, 5) is 24.0. The molecular weight excluding hydrogens is 330 g/mol. The normalized spacial score (nSPS) is 11.0. The fourth-order valence-corrected chi connectivity index (χ4v) is 2.97. The Morgan fingerprint density at radius 2 is 1.69 bits per heavy atom. The molecule has 0 spiro atoms. The van der Waals surface area contributed by atoms with Crippen molar-refractivity contribution in [3.63, 3.8) is 0 Å². The first-order valence-electron chi connectivity index (χ1n) is 8.80. The van der Waals surface area contributed by atoms with Gasteiger partial charge in [-0.1, -0.05) is 23.8 Å². The summed E-state index contributed by atoms with van der Waals surface area (Å²) in [5.74, 6) is 0.288. The number of aryl methyl sites for hydroxylation is 4. The second kappa shape index (κ2) is 7.60. The largest absolute Gasteiger partial charge is 0.493 e. The van der Waals surface area contributed by atoms with Gasteiger partial charge in [0.2, 0.25) is 0 Å². The average Bonchev–Trinajstić information content (AvgIpc) is 2.60. The lowest BCUT2D eigenvalue weighted by molar-refractivity contribution is 0.299. The highest BCUT2D eigenvalue weighted by atomic mass is 16.5. The maximum Gasteiger partial charge on any atom is 0.422 e. The molecule has 0 aliphatic heterocycles. The van der Waals surface area contributed by atoms with Crippen LogP contribution in [0.5, 0.6) is 5.75 Å². The second-order valence-electron chi connectivity index (χ2n) is 6.65. The predicted molar refractivity (Wildman–Crippen MR) is 102 cm³/mol. The summed E-state index contributed by atoms with van der Waals surface area (Å²) < 4.78 is 12.2. The van der Waals surface area contributed by atoms with Crippen molar-refractivity contribution in [2.24, 2.45) is 0 Å². The zero-order valence-corrected chi connectivity index (χ0v) is 15.4. The highest BCUT2D eigenvalue weighted by molar-refractivity contribution is 5.78. The monoisotopic (exact) mass is 353 g/mol. The van der Waals surface area contributed by atoms with Gasteiger partial charge in [-0.2, -0.15) is 0 Å². The molecule has 0 amide bonds. The molecule has 0 saturated heterocycles. The van der Waals surface area contributed by atoms with Gasteiger partial charge in [0, 0.05) is 6.54 Å². The van der Waals surface area contributed by atoms with Crippen molar-refractivity contribution >= 4 is 10.9 Å². The Hall–Kier alpha value is -2.82. The zero-order valence-electron chi connectivity index (χ0n) is 15.4. The Labute approximate surface area is 151 Å². The number of hydrogen-bond donors (Lipinski definition) is 0. The summed E-state index contributed by atoms with van der Waals surface area (Å²) >= 11 is 0. The van der Waals surface area contributed by atoms with Crippen molar-refractivity contribution < 1.29 is 9.15 Å². The van der Waals surface area contributed by atoms with Crippen LogP contribution in [0.1, 0.15) is 29.5 Å². The highest BCUT2D eigenvalue weighted by Gasteiger charge is 2.09. The van der Waals surface area contributed by atoms with Gasteiger partial charge in [-0.25, -0.2) is 9.59 Å². The van der Waals surface area contributed by atoms with Crippen molar-refractivity contribution in [2.45, 2.75) is 40.2 Å². The van der Waals surface area contributed by atoms with Crippen LogP contribution in [-0.4, -0.2) is 11.2 Å². The molecule has 136 valence electrons. The lowest BCUT2D eigenvalue weighted by Crippen LogP contribution is -2.25. The molecule has 0 atom stereocenters. The minimum atomic E-state index is -0.609. The summed E-state index contributed by atoms with van der Waals surface area (Å²) in [6.07, 6.45) is 1.55. The molecule has 0 unspecified atom stereocenters. The number of unbranched alkanes of at least 4 members (excludes halogenated alkanes) is 1. The summed E-state index contributed by atoms with van der Waals surface area (Å²) in [7, 11) is 0. The van der Waals surface area contributed by atoms with E-state index in [1.54, 1.807) is 12.1 Å². The summed E-state index contributed by atoms with van der Waals surface area (Å²) in [6.45, 7) is 7.02. The first-order valence-corrected chi connectivity index (χ1v) is 8.80. The van der Waals surface area contributed by atoms with E-state index in [4.69, 9.17) is 9.15 Å². The fraction of sp³-hybridized carbons (Fsp3) is 0.333. The van der Waals surface area contributed by atoms with Gasteiger partial charge < -0.3 is 9.15 Å². The molecular formula is C21H23NO4. The molecule has 3 aromatic rings. The fourth-order valence-electron chi connectivity index (χ4n) is 2.97. The third kappa shape index (κ3) is 3.87. The second-order valence-corrected chi connectivity index (χ2v) is 6.65. The van der Waals surface area contributed by atoms with E-state index in [9.17, 15) is 9.59 Å². The third-order valence-electron chi connectivity index (χ3n) is 4.44. The molecule has 0 fully saturated rings. The van der Waals surface area contributed by atoms with Crippen LogP contribution in [-0.2, 0) is 6.54 Å². The molecule has 5 nitrogen and oxygen atoms in total. The Balaban J connectivity index is 1.66. The summed E-state index contributed by atoms with van der Waals surface area (Å²) in [6, 6.07) is 11.6. The van der Waals surface area contributed by atoms with Gasteiger partial charge in [0.25, 0.3) is 0 Å². The first-order chi connectivity index (χ1) is 12.5. The zero-order chi connectivity index (χ0) is 18.7. The summed E-state index contributed by atoms with van der Waals surface area (Å²) in [5.41, 5.74) is 3.27. The smallest absolute Gasteiger partial charge is 0.422 e. The van der Waals surface area contributed by atoms with E-state index in [0.29, 0.717) is 24.1 Å². The third-order valence-corrected chi connectivity index (χ3v) is 4.44. The van der Waals surface area contributed by atoms with Gasteiger partial charge in [0.15, 0.2) is 0 Å². The number of rotatable bonds is 6. The molecule has 0 aliphatic carbocycles. The van der Waals surface area contributed by atoms with Gasteiger partial charge in [0.1, 0.15) is 5.75 Å². The van der Waals surface area contributed by atoms with Crippen LogP contribution in [0.25, 0.3) is 10.9 Å². The lowest BCUT2D eigenvalue weighted by atomic mass is 10.1. The topological polar surface area (TPSA) is 61.4 Å². The maximum absolute atomic E-state index is 12.1. The van der Waals surface area contributed by atoms with Gasteiger partial charge >= 0.3 is 11.4 Å². The molecule has 26 heavy (non-hydrogen) atoms. The van der Waals surface area contributed by atoms with Crippen LogP contribution in [0.4, 0.5) is 0 Å². The molecule has 5 heteroatoms. The van der Waals surface area contributed by atoms with Crippen LogP contribution in [0.2, 0.25) is 0 Å². The van der Waals surface area contributed by atoms with E-state index in [2.05, 4.69) is 6.07 Å². The standard InChI is InChI=1S/C21H23NO4/c1-14-7-9-18-17(12-14)20(23)26-21(24)22(18)10-4-5-11-25-19-13-15(2)6-8-16(19)3/h6-9,12-13H,4-5,10-11H2,1-3H3. The highest BCUT2D eigenvalue weighted by Crippen LogP contribution is 2.19. The van der Waals surface area contributed by atoms with Crippen LogP contribution in [0.15, 0.2) is 50.4 Å². The molecule has 1 heterocycles. The number of benzene rings is 2. The first kappa shape index (κ1) is 18.0. The number of ether oxygens (including phenoxy) is 1. The van der Waals surface area contributed by atoms with Crippen LogP contribution < -0.4 is 16.1 Å². The molecule has 1 aromatic heterocycles. The molecule has 0 radical (unpaired) electrons. The minimum Gasteiger partial charge on any atom is -0.493 e. The molecule has 0 aliphatic rings. The summed E-state index contributed by atoms with van der Waals surface area (Å²) in [5, 5.41) is 0.441. The maximum atomic E-state index is 12.1. The Morgan fingerprint density at radius 3 is 2.50 bits per heavy atom. The van der Waals surface area contributed by atoms with E-state index in [1.165, 1.54) is 10.1 Å². The van der Waals surface area contributed by atoms with Crippen molar-refractivity contribution in [1.29, 1.82) is 0 Å². The van der Waals surface area contributed by atoms with Crippen LogP contribution >= 0.6 is 0 Å². The quantitative estimate of drug-likeness (QED) is 0.634. The number of hydrogen-bond acceptors (Lipinski definition) is 4. The predicted octanol–water partition coefficient (Wildman–Crippen LogP) is 3.74. The van der Waals surface area contributed by atoms with Crippen molar-refractivity contribution in [1.82, 2.24) is 4.57 Å². The Morgan fingerprint density at radius 1 is 0.962 bits per heavy atom. The van der Waals surface area contributed by atoms with E-state index in [1.807, 2.05) is 39.0 Å². The van der Waals surface area contributed by atoms with Crippen molar-refractivity contribution in [3.8, 4) is 5.75 Å². The average molecular weight is 353 g/mol. The molecule has 0 saturated carbocycles. The molecule has 2 aromatic carbocycles. The molecule has 0 N–H and O–H groups in total. The van der Waals surface area contributed by atoms with E-state index in [-0.39, 0.29) is 0 Å². The van der Waals surface area contributed by atoms with Crippen molar-refractivity contribution in [3.05, 3.63) is 74.1 Å². The minimum absolute atomic E-state index is 0.441. The lowest BCUT2D eigenvalue weighted by Gasteiger charge is -2.11. The Kier molecular flexibility index (Phi) is 5.26. The van der Waals surface area contributed by atoms with Crippen LogP contribution in [0.3, 0.4) is 0 Å². The van der Waals surface area contributed by atoms with Crippen LogP contribution in [0, 0.1) is 20.8 Å². The number of nitrogens with zero attached hydrogens (tertiary/aromatic N) is 1. The SMILES string of the molecule is Cc1ccc(C)c(OCCCCn2c(=O)oc(=O)c3cc(C)ccc32)c1. The number of aromatic nitrogens is 1. The molecule has 3 rings (SSSR count). The number of fused-ring (bicyclic) bond motifs is 1. The Bertz CT molecular complexity index is 1050. The van der Waals surface area contributed by atoms with Crippen molar-refractivity contribution in [2.75, 3.05) is 6.61 Å². The van der Waals surface area contributed by atoms with E-state index >= 15 is 0 Å². The molecule has 0 bridgehead atoms. The van der Waals surface area contributed by atoms with E-state index < -0.39 is 11.4 Å². The van der Waals surface area contributed by atoms with Gasteiger partial charge in [-0.05, 0) is 62.9 Å². The van der Waals surface area contributed by atoms with E-state index in [0.717, 1.165) is 29.7 Å².